The molecule has 0 saturated heterocycles. The van der Waals surface area contributed by atoms with Crippen molar-refractivity contribution in [2.24, 2.45) is 0 Å². The van der Waals surface area contributed by atoms with Gasteiger partial charge in [-0.2, -0.15) is 0 Å². The Kier molecular flexibility index (Phi) is 2.32. The number of hydrogen-bond donors (Lipinski definition) is 1. The van der Waals surface area contributed by atoms with Crippen molar-refractivity contribution in [1.29, 1.82) is 0 Å². The first-order chi connectivity index (χ1) is 8.42. The Hall–Kier alpha value is -1.36. The van der Waals surface area contributed by atoms with Gasteiger partial charge in [0.15, 0.2) is 5.82 Å². The third-order valence-electron chi connectivity index (χ3n) is 3.42. The van der Waals surface area contributed by atoms with E-state index in [9.17, 15) is 0 Å². The van der Waals surface area contributed by atoms with Crippen molar-refractivity contribution in [3.63, 3.8) is 0 Å². The smallest absolute Gasteiger partial charge is 0.162 e. The lowest BCUT2D eigenvalue weighted by molar-refractivity contribution is 0.534. The Morgan fingerprint density at radius 1 is 1.22 bits per heavy atom. The number of aryl methyl sites for hydroxylation is 1. The van der Waals surface area contributed by atoms with Gasteiger partial charge in [0.1, 0.15) is 5.82 Å². The first-order valence-electron chi connectivity index (χ1n) is 5.92. The normalized spacial score (nSPS) is 15.8. The largest absolute Gasteiger partial charge is 0.371 e. The van der Waals surface area contributed by atoms with Crippen LogP contribution in [0.1, 0.15) is 31.1 Å². The van der Waals surface area contributed by atoms with Crippen molar-refractivity contribution in [1.82, 2.24) is 14.8 Å². The SMILES string of the molecule is Cc1c(Br)ccc2c1-n1c(C)nnc1C(C)(C)N2. The zero-order chi connectivity index (χ0) is 13.1. The first-order valence-corrected chi connectivity index (χ1v) is 6.71. The molecule has 94 valence electrons. The highest BCUT2D eigenvalue weighted by Crippen LogP contribution is 2.40. The maximum atomic E-state index is 4.31. The monoisotopic (exact) mass is 306 g/mol. The van der Waals surface area contributed by atoms with Gasteiger partial charge in [0.25, 0.3) is 0 Å². The number of hydrogen-bond acceptors (Lipinski definition) is 3. The molecule has 1 aliphatic rings. The highest BCUT2D eigenvalue weighted by atomic mass is 79.9. The minimum atomic E-state index is -0.214. The molecule has 0 amide bonds. The lowest BCUT2D eigenvalue weighted by atomic mass is 9.98. The molecule has 0 radical (unpaired) electrons. The molecule has 0 atom stereocenters. The summed E-state index contributed by atoms with van der Waals surface area (Å²) < 4.78 is 3.24. The van der Waals surface area contributed by atoms with Gasteiger partial charge in [0.2, 0.25) is 0 Å². The molecule has 1 aromatic heterocycles. The van der Waals surface area contributed by atoms with Crippen LogP contribution in [0, 0.1) is 13.8 Å². The fourth-order valence-corrected chi connectivity index (χ4v) is 2.81. The van der Waals surface area contributed by atoms with Gasteiger partial charge in [-0.05, 0) is 45.4 Å². The number of halogens is 1. The average Bonchev–Trinajstić information content (AvgIpc) is 2.67. The molecule has 18 heavy (non-hydrogen) atoms. The highest BCUT2D eigenvalue weighted by Gasteiger charge is 2.34. The Labute approximate surface area is 115 Å². The van der Waals surface area contributed by atoms with Gasteiger partial charge in [0.05, 0.1) is 16.9 Å². The third-order valence-corrected chi connectivity index (χ3v) is 4.28. The van der Waals surface area contributed by atoms with Crippen molar-refractivity contribution in [2.45, 2.75) is 33.2 Å². The molecule has 4 nitrogen and oxygen atoms in total. The highest BCUT2D eigenvalue weighted by molar-refractivity contribution is 9.10. The number of aromatic nitrogens is 3. The Balaban J connectivity index is 2.40. The van der Waals surface area contributed by atoms with Crippen LogP contribution < -0.4 is 5.32 Å². The summed E-state index contributed by atoms with van der Waals surface area (Å²) in [7, 11) is 0. The van der Waals surface area contributed by atoms with Gasteiger partial charge in [-0.25, -0.2) is 0 Å². The Morgan fingerprint density at radius 3 is 2.67 bits per heavy atom. The molecule has 2 aromatic rings. The average molecular weight is 307 g/mol. The minimum absolute atomic E-state index is 0.214. The van der Waals surface area contributed by atoms with Crippen molar-refractivity contribution in [3.8, 4) is 5.69 Å². The first kappa shape index (κ1) is 11.7. The standard InChI is InChI=1S/C13H15BrN4/c1-7-9(14)5-6-10-11(7)18-8(2)16-17-12(18)13(3,4)15-10/h5-6,15H,1-4H3. The van der Waals surface area contributed by atoms with Crippen LogP contribution in [0.3, 0.4) is 0 Å². The molecule has 0 bridgehead atoms. The number of benzene rings is 1. The van der Waals surface area contributed by atoms with E-state index in [1.807, 2.05) is 6.92 Å². The summed E-state index contributed by atoms with van der Waals surface area (Å²) in [5.74, 6) is 1.87. The summed E-state index contributed by atoms with van der Waals surface area (Å²) in [6.45, 7) is 8.33. The minimum Gasteiger partial charge on any atom is -0.371 e. The van der Waals surface area contributed by atoms with E-state index in [0.29, 0.717) is 0 Å². The maximum Gasteiger partial charge on any atom is 0.162 e. The second kappa shape index (κ2) is 3.57. The van der Waals surface area contributed by atoms with E-state index in [2.05, 4.69) is 68.9 Å². The second-order valence-electron chi connectivity index (χ2n) is 5.22. The van der Waals surface area contributed by atoms with Gasteiger partial charge >= 0.3 is 0 Å². The van der Waals surface area contributed by atoms with E-state index in [1.165, 1.54) is 5.56 Å². The van der Waals surface area contributed by atoms with E-state index < -0.39 is 0 Å². The van der Waals surface area contributed by atoms with E-state index in [0.717, 1.165) is 27.5 Å². The van der Waals surface area contributed by atoms with E-state index in [4.69, 9.17) is 0 Å². The lowest BCUT2D eigenvalue weighted by Crippen LogP contribution is -2.36. The van der Waals surface area contributed by atoms with Crippen LogP contribution in [0.4, 0.5) is 5.69 Å². The van der Waals surface area contributed by atoms with Crippen molar-refractivity contribution in [3.05, 3.63) is 33.8 Å². The van der Waals surface area contributed by atoms with Crippen LogP contribution in [0.2, 0.25) is 0 Å². The van der Waals surface area contributed by atoms with Crippen LogP contribution in [-0.4, -0.2) is 14.8 Å². The van der Waals surface area contributed by atoms with Gasteiger partial charge < -0.3 is 5.32 Å². The number of anilines is 1. The maximum absolute atomic E-state index is 4.31. The summed E-state index contributed by atoms with van der Waals surface area (Å²) in [6, 6.07) is 4.17. The molecule has 1 aromatic carbocycles. The van der Waals surface area contributed by atoms with E-state index >= 15 is 0 Å². The van der Waals surface area contributed by atoms with Crippen LogP contribution in [-0.2, 0) is 5.54 Å². The molecule has 3 rings (SSSR count). The van der Waals surface area contributed by atoms with E-state index in [-0.39, 0.29) is 5.54 Å². The third kappa shape index (κ3) is 1.43. The molecule has 1 aliphatic heterocycles. The summed E-state index contributed by atoms with van der Waals surface area (Å²) >= 11 is 3.59. The molecule has 5 heteroatoms. The van der Waals surface area contributed by atoms with Crippen LogP contribution in [0.25, 0.3) is 5.69 Å². The van der Waals surface area contributed by atoms with Gasteiger partial charge in [-0.3, -0.25) is 4.57 Å². The van der Waals surface area contributed by atoms with Gasteiger partial charge in [-0.1, -0.05) is 15.9 Å². The molecular weight excluding hydrogens is 292 g/mol. The zero-order valence-electron chi connectivity index (χ0n) is 10.9. The molecule has 1 N–H and O–H groups in total. The predicted octanol–water partition coefficient (Wildman–Crippen LogP) is 3.31. The summed E-state index contributed by atoms with van der Waals surface area (Å²) in [5, 5.41) is 12.1. The quantitative estimate of drug-likeness (QED) is 0.812. The van der Waals surface area contributed by atoms with Crippen molar-refractivity contribution < 1.29 is 0 Å². The predicted molar refractivity (Wildman–Crippen MR) is 75.2 cm³/mol. The number of rotatable bonds is 0. The molecule has 0 aliphatic carbocycles. The van der Waals surface area contributed by atoms with Crippen molar-refractivity contribution >= 4 is 21.6 Å². The van der Waals surface area contributed by atoms with Crippen molar-refractivity contribution in [2.75, 3.05) is 5.32 Å². The van der Waals surface area contributed by atoms with Gasteiger partial charge in [0, 0.05) is 4.47 Å². The molecule has 0 spiro atoms. The van der Waals surface area contributed by atoms with E-state index in [1.54, 1.807) is 0 Å². The summed E-state index contributed by atoms with van der Waals surface area (Å²) in [5.41, 5.74) is 3.24. The van der Waals surface area contributed by atoms with Crippen LogP contribution in [0.5, 0.6) is 0 Å². The number of fused-ring (bicyclic) bond motifs is 3. The topological polar surface area (TPSA) is 42.7 Å². The van der Waals surface area contributed by atoms with Gasteiger partial charge in [-0.15, -0.1) is 10.2 Å². The summed E-state index contributed by atoms with van der Waals surface area (Å²) in [4.78, 5) is 0. The second-order valence-corrected chi connectivity index (χ2v) is 6.08. The Morgan fingerprint density at radius 2 is 1.94 bits per heavy atom. The van der Waals surface area contributed by atoms with Crippen LogP contribution in [0.15, 0.2) is 16.6 Å². The molecule has 2 heterocycles. The molecule has 0 fully saturated rings. The molecular formula is C13H15BrN4. The van der Waals surface area contributed by atoms with Crippen LogP contribution >= 0.6 is 15.9 Å². The number of nitrogens with one attached hydrogen (secondary N) is 1. The Bertz CT molecular complexity index is 643. The fraction of sp³-hybridized carbons (Fsp3) is 0.385. The molecule has 0 unspecified atom stereocenters. The zero-order valence-corrected chi connectivity index (χ0v) is 12.5. The summed E-state index contributed by atoms with van der Waals surface area (Å²) in [6.07, 6.45) is 0. The lowest BCUT2D eigenvalue weighted by Gasteiger charge is -2.34. The fourth-order valence-electron chi connectivity index (χ4n) is 2.49. The number of nitrogens with zero attached hydrogens (tertiary/aromatic N) is 3. The molecule has 0 saturated carbocycles.